The molecule has 0 saturated carbocycles. The Hall–Kier alpha value is -1.24. The van der Waals surface area contributed by atoms with E-state index in [0.29, 0.717) is 0 Å². The van der Waals surface area contributed by atoms with Crippen molar-refractivity contribution in [2.24, 2.45) is 5.73 Å². The van der Waals surface area contributed by atoms with Crippen molar-refractivity contribution in [3.63, 3.8) is 0 Å². The molecule has 0 aromatic carbocycles. The summed E-state index contributed by atoms with van der Waals surface area (Å²) < 4.78 is 0. The highest BCUT2D eigenvalue weighted by molar-refractivity contribution is 7.20. The number of carbonyl (C=O) groups is 1. The molecule has 0 radical (unpaired) electrons. The van der Waals surface area contributed by atoms with E-state index in [4.69, 9.17) is 5.73 Å². The summed E-state index contributed by atoms with van der Waals surface area (Å²) in [6, 6.07) is 3.99. The Labute approximate surface area is 126 Å². The van der Waals surface area contributed by atoms with E-state index in [0.717, 1.165) is 43.1 Å². The third-order valence-corrected chi connectivity index (χ3v) is 5.52. The Kier molecular flexibility index (Phi) is 4.14. The van der Waals surface area contributed by atoms with Gasteiger partial charge in [-0.05, 0) is 30.8 Å². The van der Waals surface area contributed by atoms with Crippen LogP contribution < -0.4 is 5.73 Å². The summed E-state index contributed by atoms with van der Waals surface area (Å²) in [5.41, 5.74) is 6.53. The number of thiazole rings is 1. The van der Waals surface area contributed by atoms with Crippen LogP contribution in [0, 0.1) is 0 Å². The molecule has 4 nitrogen and oxygen atoms in total. The van der Waals surface area contributed by atoms with Crippen LogP contribution in [0.25, 0.3) is 9.88 Å². The molecule has 1 fully saturated rings. The molecule has 0 bridgehead atoms. The second kappa shape index (κ2) is 6.03. The molecule has 20 heavy (non-hydrogen) atoms. The largest absolute Gasteiger partial charge is 0.368 e. The van der Waals surface area contributed by atoms with E-state index in [2.05, 4.69) is 26.7 Å². The van der Waals surface area contributed by atoms with Crippen molar-refractivity contribution in [1.29, 1.82) is 0 Å². The normalized spacial score (nSPS) is 20.1. The maximum Gasteiger partial charge on any atom is 0.234 e. The first-order chi connectivity index (χ1) is 9.74. The van der Waals surface area contributed by atoms with Crippen LogP contribution in [-0.4, -0.2) is 28.4 Å². The van der Waals surface area contributed by atoms with E-state index in [9.17, 15) is 4.79 Å². The molecule has 2 aromatic rings. The molecular formula is C14H17N3OS2. The van der Waals surface area contributed by atoms with Gasteiger partial charge < -0.3 is 5.73 Å². The van der Waals surface area contributed by atoms with Gasteiger partial charge in [-0.2, -0.15) is 0 Å². The molecule has 2 N–H and O–H groups in total. The molecule has 1 amide bonds. The minimum Gasteiger partial charge on any atom is -0.368 e. The van der Waals surface area contributed by atoms with Crippen molar-refractivity contribution in [1.82, 2.24) is 9.88 Å². The molecule has 1 saturated heterocycles. The van der Waals surface area contributed by atoms with Gasteiger partial charge in [0.25, 0.3) is 0 Å². The lowest BCUT2D eigenvalue weighted by atomic mass is 10.0. The molecule has 0 unspecified atom stereocenters. The number of likely N-dealkylation sites (tertiary alicyclic amines) is 1. The van der Waals surface area contributed by atoms with E-state index in [1.165, 1.54) is 4.88 Å². The zero-order valence-corrected chi connectivity index (χ0v) is 12.8. The van der Waals surface area contributed by atoms with Crippen LogP contribution >= 0.6 is 22.7 Å². The molecule has 1 atom stereocenters. The molecule has 6 heteroatoms. The zero-order chi connectivity index (χ0) is 13.9. The summed E-state index contributed by atoms with van der Waals surface area (Å²) in [7, 11) is 0. The summed E-state index contributed by atoms with van der Waals surface area (Å²) in [6.07, 6.45) is 3.09. The Morgan fingerprint density at radius 2 is 2.35 bits per heavy atom. The van der Waals surface area contributed by atoms with Gasteiger partial charge in [-0.15, -0.1) is 22.7 Å². The molecule has 3 rings (SSSR count). The summed E-state index contributed by atoms with van der Waals surface area (Å²) in [6.45, 7) is 1.65. The second-order valence-corrected chi connectivity index (χ2v) is 6.81. The summed E-state index contributed by atoms with van der Waals surface area (Å²) in [5.74, 6) is -0.210. The number of nitrogens with two attached hydrogens (primary N) is 1. The van der Waals surface area contributed by atoms with Crippen LogP contribution in [0.15, 0.2) is 22.9 Å². The fraction of sp³-hybridized carbons (Fsp3) is 0.429. The quantitative estimate of drug-likeness (QED) is 0.945. The number of thiophene rings is 1. The fourth-order valence-electron chi connectivity index (χ4n) is 2.60. The lowest BCUT2D eigenvalue weighted by Crippen LogP contribution is -2.47. The van der Waals surface area contributed by atoms with E-state index < -0.39 is 0 Å². The maximum atomic E-state index is 11.5. The standard InChI is InChI=1S/C14H17N3OS2/c15-13(18)11-4-1-2-6-17(11)8-10-9-20-14(16-10)12-5-3-7-19-12/h3,5,7,9,11H,1-2,4,6,8H2,(H2,15,18)/t11-/m1/s1. The third kappa shape index (κ3) is 2.92. The van der Waals surface area contributed by atoms with Crippen LogP contribution in [0.2, 0.25) is 0 Å². The minimum atomic E-state index is -0.210. The van der Waals surface area contributed by atoms with Gasteiger partial charge >= 0.3 is 0 Å². The number of piperidine rings is 1. The average Bonchev–Trinajstić information content (AvgIpc) is 3.09. The number of primary amides is 1. The number of amides is 1. The lowest BCUT2D eigenvalue weighted by Gasteiger charge is -2.32. The molecular weight excluding hydrogens is 290 g/mol. The van der Waals surface area contributed by atoms with Gasteiger partial charge in [-0.3, -0.25) is 9.69 Å². The SMILES string of the molecule is NC(=O)[C@H]1CCCCN1Cc1csc(-c2cccs2)n1. The monoisotopic (exact) mass is 307 g/mol. The number of hydrogen-bond acceptors (Lipinski definition) is 5. The number of aromatic nitrogens is 1. The van der Waals surface area contributed by atoms with Gasteiger partial charge in [-0.25, -0.2) is 4.98 Å². The first-order valence-corrected chi connectivity index (χ1v) is 8.51. The predicted octanol–water partition coefficient (Wildman–Crippen LogP) is 2.71. The highest BCUT2D eigenvalue weighted by atomic mass is 32.1. The van der Waals surface area contributed by atoms with Crippen LogP contribution in [0.1, 0.15) is 25.0 Å². The summed E-state index contributed by atoms with van der Waals surface area (Å²) >= 11 is 3.36. The molecule has 3 heterocycles. The van der Waals surface area contributed by atoms with Crippen LogP contribution in [0.3, 0.4) is 0 Å². The first kappa shape index (κ1) is 13.7. The molecule has 0 aliphatic carbocycles. The highest BCUT2D eigenvalue weighted by Crippen LogP contribution is 2.29. The summed E-state index contributed by atoms with van der Waals surface area (Å²) in [5, 5.41) is 5.20. The molecule has 1 aliphatic heterocycles. The van der Waals surface area contributed by atoms with Crippen LogP contribution in [-0.2, 0) is 11.3 Å². The Bertz CT molecular complexity index is 579. The van der Waals surface area contributed by atoms with E-state index in [-0.39, 0.29) is 11.9 Å². The van der Waals surface area contributed by atoms with Crippen molar-refractivity contribution in [3.8, 4) is 9.88 Å². The van der Waals surface area contributed by atoms with Gasteiger partial charge in [0.15, 0.2) is 0 Å². The van der Waals surface area contributed by atoms with Crippen molar-refractivity contribution >= 4 is 28.6 Å². The van der Waals surface area contributed by atoms with Gasteiger partial charge in [0.2, 0.25) is 5.91 Å². The average molecular weight is 307 g/mol. The van der Waals surface area contributed by atoms with E-state index in [1.807, 2.05) is 6.07 Å². The van der Waals surface area contributed by atoms with E-state index in [1.54, 1.807) is 22.7 Å². The number of carbonyl (C=O) groups excluding carboxylic acids is 1. The molecule has 106 valence electrons. The number of rotatable bonds is 4. The smallest absolute Gasteiger partial charge is 0.234 e. The van der Waals surface area contributed by atoms with Gasteiger partial charge in [-0.1, -0.05) is 12.5 Å². The van der Waals surface area contributed by atoms with E-state index >= 15 is 0 Å². The van der Waals surface area contributed by atoms with Gasteiger partial charge in [0.1, 0.15) is 5.01 Å². The molecule has 0 spiro atoms. The Morgan fingerprint density at radius 3 is 3.10 bits per heavy atom. The van der Waals surface area contributed by atoms with Crippen molar-refractivity contribution in [2.75, 3.05) is 6.54 Å². The highest BCUT2D eigenvalue weighted by Gasteiger charge is 2.27. The maximum absolute atomic E-state index is 11.5. The van der Waals surface area contributed by atoms with Crippen LogP contribution in [0.4, 0.5) is 0 Å². The molecule has 2 aromatic heterocycles. The fourth-order valence-corrected chi connectivity index (χ4v) is 4.23. The van der Waals surface area contributed by atoms with Crippen molar-refractivity contribution in [2.45, 2.75) is 31.8 Å². The first-order valence-electron chi connectivity index (χ1n) is 6.75. The lowest BCUT2D eigenvalue weighted by molar-refractivity contribution is -0.124. The second-order valence-electron chi connectivity index (χ2n) is 5.01. The Balaban J connectivity index is 1.72. The minimum absolute atomic E-state index is 0.129. The van der Waals surface area contributed by atoms with Gasteiger partial charge in [0.05, 0.1) is 16.6 Å². The zero-order valence-electron chi connectivity index (χ0n) is 11.1. The number of hydrogen-bond donors (Lipinski definition) is 1. The molecule has 1 aliphatic rings. The van der Waals surface area contributed by atoms with Crippen molar-refractivity contribution < 1.29 is 4.79 Å². The van der Waals surface area contributed by atoms with Crippen LogP contribution in [0.5, 0.6) is 0 Å². The van der Waals surface area contributed by atoms with Crippen molar-refractivity contribution in [3.05, 3.63) is 28.6 Å². The topological polar surface area (TPSA) is 59.2 Å². The third-order valence-electron chi connectivity index (χ3n) is 3.59. The Morgan fingerprint density at radius 1 is 1.45 bits per heavy atom. The van der Waals surface area contributed by atoms with Gasteiger partial charge in [0, 0.05) is 11.9 Å². The predicted molar refractivity (Wildman–Crippen MR) is 82.7 cm³/mol. The summed E-state index contributed by atoms with van der Waals surface area (Å²) in [4.78, 5) is 19.6. The number of nitrogens with zero attached hydrogens (tertiary/aromatic N) is 2.